The predicted molar refractivity (Wildman–Crippen MR) is 113 cm³/mol. The first kappa shape index (κ1) is 17.9. The molecule has 0 fully saturated rings. The summed E-state index contributed by atoms with van der Waals surface area (Å²) in [6.45, 7) is -0.390. The molecule has 30 heavy (non-hydrogen) atoms. The van der Waals surface area contributed by atoms with Gasteiger partial charge in [0.1, 0.15) is 6.54 Å². The molecule has 8 heteroatoms. The molecule has 3 aromatic heterocycles. The average molecular weight is 399 g/mol. The van der Waals surface area contributed by atoms with Gasteiger partial charge in [-0.3, -0.25) is 23.6 Å². The lowest BCUT2D eigenvalue weighted by Gasteiger charge is -2.07. The highest BCUT2D eigenvalue weighted by Crippen LogP contribution is 2.28. The Morgan fingerprint density at radius 1 is 0.967 bits per heavy atom. The van der Waals surface area contributed by atoms with E-state index in [0.717, 1.165) is 22.0 Å². The molecular weight excluding hydrogens is 382 g/mol. The number of aromatic nitrogens is 5. The number of rotatable bonds is 4. The molecular formula is C22H17N5O3. The van der Waals surface area contributed by atoms with Crippen molar-refractivity contribution >= 4 is 27.9 Å². The fourth-order valence-corrected chi connectivity index (χ4v) is 3.83. The summed E-state index contributed by atoms with van der Waals surface area (Å²) in [5, 5.41) is 14.5. The van der Waals surface area contributed by atoms with Crippen LogP contribution in [0.15, 0.2) is 71.9 Å². The number of carbonyl (C=O) groups is 1. The van der Waals surface area contributed by atoms with Gasteiger partial charge in [0.2, 0.25) is 0 Å². The summed E-state index contributed by atoms with van der Waals surface area (Å²) >= 11 is 0. The van der Waals surface area contributed by atoms with Gasteiger partial charge in [-0.15, -0.1) is 0 Å². The molecule has 148 valence electrons. The molecule has 0 saturated carbocycles. The second-order valence-electron chi connectivity index (χ2n) is 7.02. The minimum Gasteiger partial charge on any atom is -0.480 e. The molecule has 0 radical (unpaired) electrons. The van der Waals surface area contributed by atoms with Crippen LogP contribution >= 0.6 is 0 Å². The van der Waals surface area contributed by atoms with Crippen LogP contribution in [0, 0.1) is 0 Å². The molecule has 2 aromatic carbocycles. The van der Waals surface area contributed by atoms with Crippen molar-refractivity contribution < 1.29 is 9.90 Å². The number of hydrogen-bond donors (Lipinski definition) is 1. The summed E-state index contributed by atoms with van der Waals surface area (Å²) in [7, 11) is 1.87. The minimum atomic E-state index is -1.06. The van der Waals surface area contributed by atoms with E-state index in [4.69, 9.17) is 0 Å². The van der Waals surface area contributed by atoms with Gasteiger partial charge in [0.15, 0.2) is 0 Å². The molecule has 5 rings (SSSR count). The first-order chi connectivity index (χ1) is 14.5. The quantitative estimate of drug-likeness (QED) is 0.501. The van der Waals surface area contributed by atoms with E-state index in [2.05, 4.69) is 10.1 Å². The molecule has 5 aromatic rings. The topological polar surface area (TPSA) is 94.9 Å². The minimum absolute atomic E-state index is 0.387. The van der Waals surface area contributed by atoms with Crippen molar-refractivity contribution in [3.05, 3.63) is 77.6 Å². The van der Waals surface area contributed by atoms with Crippen LogP contribution in [0.5, 0.6) is 0 Å². The van der Waals surface area contributed by atoms with E-state index in [-0.39, 0.29) is 12.2 Å². The van der Waals surface area contributed by atoms with Gasteiger partial charge in [0, 0.05) is 24.2 Å². The van der Waals surface area contributed by atoms with Gasteiger partial charge < -0.3 is 5.11 Å². The second kappa shape index (κ2) is 6.70. The zero-order chi connectivity index (χ0) is 20.8. The number of pyridine rings is 1. The molecule has 0 unspecified atom stereocenters. The fraction of sp³-hybridized carbons (Fsp3) is 0.0909. The number of imidazole rings is 1. The van der Waals surface area contributed by atoms with Crippen molar-refractivity contribution in [2.45, 2.75) is 6.54 Å². The third-order valence-corrected chi connectivity index (χ3v) is 5.24. The maximum absolute atomic E-state index is 13.0. The number of para-hydroxylation sites is 2. The van der Waals surface area contributed by atoms with Gasteiger partial charge >= 0.3 is 11.7 Å². The molecule has 0 amide bonds. The van der Waals surface area contributed by atoms with Crippen molar-refractivity contribution in [3.63, 3.8) is 0 Å². The van der Waals surface area contributed by atoms with Crippen molar-refractivity contribution in [2.24, 2.45) is 7.05 Å². The number of fused-ring (bicyclic) bond motifs is 2. The van der Waals surface area contributed by atoms with Gasteiger partial charge in [0.05, 0.1) is 34.6 Å². The summed E-state index contributed by atoms with van der Waals surface area (Å²) in [6, 6.07) is 14.7. The van der Waals surface area contributed by atoms with E-state index in [1.165, 1.54) is 9.13 Å². The van der Waals surface area contributed by atoms with E-state index in [9.17, 15) is 14.7 Å². The van der Waals surface area contributed by atoms with Gasteiger partial charge in [-0.1, -0.05) is 24.3 Å². The van der Waals surface area contributed by atoms with Gasteiger partial charge in [-0.05, 0) is 29.8 Å². The molecule has 0 aliphatic heterocycles. The molecule has 0 atom stereocenters. The summed E-state index contributed by atoms with van der Waals surface area (Å²) < 4.78 is 4.58. The Bertz CT molecular complexity index is 1470. The normalized spacial score (nSPS) is 11.4. The number of nitrogens with zero attached hydrogens (tertiary/aromatic N) is 5. The van der Waals surface area contributed by atoms with E-state index in [0.29, 0.717) is 16.7 Å². The zero-order valence-corrected chi connectivity index (χ0v) is 16.1. The Hall–Kier alpha value is -4.20. The van der Waals surface area contributed by atoms with Crippen LogP contribution < -0.4 is 5.69 Å². The van der Waals surface area contributed by atoms with E-state index < -0.39 is 5.97 Å². The Morgan fingerprint density at radius 3 is 2.43 bits per heavy atom. The summed E-state index contributed by atoms with van der Waals surface area (Å²) in [4.78, 5) is 28.6. The van der Waals surface area contributed by atoms with Crippen LogP contribution in [0.2, 0.25) is 0 Å². The molecule has 8 nitrogen and oxygen atoms in total. The van der Waals surface area contributed by atoms with Crippen molar-refractivity contribution in [1.82, 2.24) is 23.9 Å². The molecule has 0 saturated heterocycles. The van der Waals surface area contributed by atoms with E-state index >= 15 is 0 Å². The predicted octanol–water partition coefficient (Wildman–Crippen LogP) is 2.83. The lowest BCUT2D eigenvalue weighted by atomic mass is 10.0. The van der Waals surface area contributed by atoms with E-state index in [1.807, 2.05) is 49.6 Å². The highest BCUT2D eigenvalue weighted by atomic mass is 16.4. The van der Waals surface area contributed by atoms with Crippen LogP contribution in [0.4, 0.5) is 0 Å². The Morgan fingerprint density at radius 2 is 1.70 bits per heavy atom. The SMILES string of the molecule is Cn1ncc2c(-c3ccc(-n4c(=O)n(CC(=O)O)c5ccccc54)cc3)cncc21. The van der Waals surface area contributed by atoms with Crippen LogP contribution in [0.3, 0.4) is 0 Å². The maximum atomic E-state index is 13.0. The lowest BCUT2D eigenvalue weighted by Crippen LogP contribution is -2.26. The smallest absolute Gasteiger partial charge is 0.334 e. The summed E-state index contributed by atoms with van der Waals surface area (Å²) in [5.74, 6) is -1.06. The number of carboxylic acid groups (broad SMARTS) is 1. The third-order valence-electron chi connectivity index (χ3n) is 5.24. The van der Waals surface area contributed by atoms with Crippen molar-refractivity contribution in [2.75, 3.05) is 0 Å². The van der Waals surface area contributed by atoms with Crippen LogP contribution in [0.1, 0.15) is 0 Å². The molecule has 0 aliphatic carbocycles. The molecule has 0 bridgehead atoms. The fourth-order valence-electron chi connectivity index (χ4n) is 3.83. The van der Waals surface area contributed by atoms with Crippen LogP contribution in [-0.2, 0) is 18.4 Å². The number of benzene rings is 2. The van der Waals surface area contributed by atoms with Gasteiger partial charge in [-0.2, -0.15) is 5.10 Å². The third kappa shape index (κ3) is 2.69. The number of hydrogen-bond acceptors (Lipinski definition) is 4. The van der Waals surface area contributed by atoms with Crippen molar-refractivity contribution in [3.8, 4) is 16.8 Å². The Balaban J connectivity index is 1.65. The number of aliphatic carboxylic acids is 1. The number of aryl methyl sites for hydroxylation is 1. The Labute approximate surface area is 170 Å². The molecule has 1 N–H and O–H groups in total. The van der Waals surface area contributed by atoms with E-state index in [1.54, 1.807) is 29.2 Å². The van der Waals surface area contributed by atoms with Crippen LogP contribution in [0.25, 0.3) is 38.8 Å². The first-order valence-corrected chi connectivity index (χ1v) is 9.33. The molecule has 0 spiro atoms. The van der Waals surface area contributed by atoms with Gasteiger partial charge in [0.25, 0.3) is 0 Å². The Kier molecular flexibility index (Phi) is 3.99. The second-order valence-corrected chi connectivity index (χ2v) is 7.02. The molecule has 0 aliphatic rings. The first-order valence-electron chi connectivity index (χ1n) is 9.33. The van der Waals surface area contributed by atoms with Crippen LogP contribution in [-0.4, -0.2) is 35.0 Å². The summed E-state index contributed by atoms with van der Waals surface area (Å²) in [6.07, 6.45) is 5.38. The average Bonchev–Trinajstić information content (AvgIpc) is 3.26. The largest absolute Gasteiger partial charge is 0.480 e. The molecule has 3 heterocycles. The monoisotopic (exact) mass is 399 g/mol. The standard InChI is InChI=1S/C22H17N5O3/c1-25-20-12-23-10-16(17(20)11-24-25)14-6-8-15(9-7-14)27-19-5-3-2-4-18(19)26(22(27)30)13-21(28)29/h2-12H,13H2,1H3,(H,28,29). The van der Waals surface area contributed by atoms with Crippen molar-refractivity contribution in [1.29, 1.82) is 0 Å². The highest BCUT2D eigenvalue weighted by molar-refractivity contribution is 5.93. The highest BCUT2D eigenvalue weighted by Gasteiger charge is 2.16. The van der Waals surface area contributed by atoms with Gasteiger partial charge in [-0.25, -0.2) is 4.79 Å². The number of carboxylic acids is 1. The zero-order valence-electron chi connectivity index (χ0n) is 16.1. The lowest BCUT2D eigenvalue weighted by molar-refractivity contribution is -0.137. The maximum Gasteiger partial charge on any atom is 0.334 e. The summed E-state index contributed by atoms with van der Waals surface area (Å²) in [5.41, 5.74) is 4.35.